The Morgan fingerprint density at radius 2 is 1.05 bits per heavy atom. The van der Waals surface area contributed by atoms with E-state index < -0.39 is 32.5 Å². The number of nitrogens with one attached hydrogen (secondary N) is 1. The minimum Gasteiger partial charge on any atom is -0.790 e. The second-order valence-electron chi connectivity index (χ2n) is 11.2. The molecule has 0 aliphatic heterocycles. The number of carbonyl (C=O) groups is 3. The van der Waals surface area contributed by atoms with Crippen molar-refractivity contribution in [2.24, 2.45) is 0 Å². The molecule has 0 aromatic carbocycles. The fourth-order valence-corrected chi connectivity index (χ4v) is 4.97. The molecule has 0 heterocycles. The Bertz CT molecular complexity index is 741. The third-order valence-electron chi connectivity index (χ3n) is 7.06. The van der Waals surface area contributed by atoms with E-state index in [1.165, 1.54) is 64.7 Å². The minimum absolute atomic E-state index is 0. The molecule has 0 aliphatic rings. The largest absolute Gasteiger partial charge is 1.00 e. The third kappa shape index (κ3) is 38.7. The van der Waals surface area contributed by atoms with Crippen molar-refractivity contribution in [3.63, 3.8) is 0 Å². The van der Waals surface area contributed by atoms with Crippen LogP contribution in [-0.2, 0) is 32.9 Å². The molecule has 0 radical (unpaired) electrons. The molecule has 0 saturated heterocycles. The molecule has 0 aliphatic carbocycles. The Morgan fingerprint density at radius 1 is 0.636 bits per heavy atom. The van der Waals surface area contributed by atoms with Gasteiger partial charge in [0.15, 0.2) is 6.10 Å². The summed E-state index contributed by atoms with van der Waals surface area (Å²) in [5, 5.41) is 2.77. The summed E-state index contributed by atoms with van der Waals surface area (Å²) in [5.41, 5.74) is 0. The van der Waals surface area contributed by atoms with Crippen LogP contribution in [0.4, 0.5) is 0 Å². The molecule has 10 nitrogen and oxygen atoms in total. The normalized spacial score (nSPS) is 11.6. The summed E-state index contributed by atoms with van der Waals surface area (Å²) in [6.07, 6.45) is 21.3. The van der Waals surface area contributed by atoms with Crippen molar-refractivity contribution < 1.29 is 102 Å². The van der Waals surface area contributed by atoms with Crippen LogP contribution in [0.1, 0.15) is 155 Å². The van der Waals surface area contributed by atoms with Crippen molar-refractivity contribution in [3.05, 3.63) is 0 Å². The molecule has 0 aromatic heterocycles. The van der Waals surface area contributed by atoms with Crippen LogP contribution >= 0.6 is 7.82 Å². The molecular formula is C31H58NNa2O9P. The van der Waals surface area contributed by atoms with Gasteiger partial charge in [0.25, 0.3) is 0 Å². The average Bonchev–Trinajstić information content (AvgIpc) is 2.93. The standard InChI is InChI=1S/C31H60NO9P.2Na/c1-3-4-5-6-7-8-9-10-11-12-14-18-21-24-31(35)41-29(27-40-42(36,37)38)26-39-30(34)23-20-17-15-13-16-19-22-25-32-28(2)33;;/h29H,3-27H2,1-2H3,(H,32,33)(H2,36,37,38);;/q;2*+1/p-2/t29-;;/m1../s1. The van der Waals surface area contributed by atoms with E-state index in [4.69, 9.17) is 9.47 Å². The fourth-order valence-electron chi connectivity index (χ4n) is 4.62. The number of ether oxygens (including phenoxy) is 2. The summed E-state index contributed by atoms with van der Waals surface area (Å²) in [4.78, 5) is 56.9. The summed E-state index contributed by atoms with van der Waals surface area (Å²) in [5.74, 6) is -1.03. The van der Waals surface area contributed by atoms with Crippen LogP contribution in [0.25, 0.3) is 0 Å². The summed E-state index contributed by atoms with van der Waals surface area (Å²) in [6.45, 7) is 3.39. The van der Waals surface area contributed by atoms with Crippen molar-refractivity contribution in [3.8, 4) is 0 Å². The molecule has 44 heavy (non-hydrogen) atoms. The number of rotatable bonds is 30. The van der Waals surface area contributed by atoms with Crippen molar-refractivity contribution >= 4 is 25.7 Å². The number of phosphoric acid groups is 1. The van der Waals surface area contributed by atoms with E-state index in [-0.39, 0.29) is 84.5 Å². The van der Waals surface area contributed by atoms with Gasteiger partial charge in [-0.25, -0.2) is 0 Å². The van der Waals surface area contributed by atoms with Gasteiger partial charge in [0, 0.05) is 26.3 Å². The van der Waals surface area contributed by atoms with E-state index >= 15 is 0 Å². The molecule has 0 saturated carbocycles. The maximum absolute atomic E-state index is 12.2. The quantitative estimate of drug-likeness (QED) is 0.0485. The topological polar surface area (TPSA) is 154 Å². The van der Waals surface area contributed by atoms with Crippen LogP contribution in [0.3, 0.4) is 0 Å². The Balaban J connectivity index is -0.00000840. The number of amides is 1. The minimum atomic E-state index is -5.25. The fraction of sp³-hybridized carbons (Fsp3) is 0.903. The van der Waals surface area contributed by atoms with Gasteiger partial charge in [-0.3, -0.25) is 14.4 Å². The first-order valence-electron chi connectivity index (χ1n) is 16.4. The zero-order valence-electron chi connectivity index (χ0n) is 28.4. The zero-order chi connectivity index (χ0) is 31.3. The molecule has 0 unspecified atom stereocenters. The van der Waals surface area contributed by atoms with Gasteiger partial charge in [-0.1, -0.05) is 116 Å². The van der Waals surface area contributed by atoms with Gasteiger partial charge in [0.05, 0.1) is 14.4 Å². The van der Waals surface area contributed by atoms with Gasteiger partial charge in [0.2, 0.25) is 5.91 Å². The summed E-state index contributed by atoms with van der Waals surface area (Å²) < 4.78 is 25.6. The van der Waals surface area contributed by atoms with E-state index in [0.717, 1.165) is 57.8 Å². The molecule has 13 heteroatoms. The maximum Gasteiger partial charge on any atom is 1.00 e. The number of hydrogen-bond acceptors (Lipinski definition) is 9. The Hall–Kier alpha value is 0.520. The number of phosphoric ester groups is 1. The van der Waals surface area contributed by atoms with Gasteiger partial charge < -0.3 is 33.7 Å². The number of esters is 2. The molecule has 0 rings (SSSR count). The molecule has 1 amide bonds. The molecule has 1 atom stereocenters. The molecule has 0 spiro atoms. The molecule has 248 valence electrons. The Morgan fingerprint density at radius 3 is 1.48 bits per heavy atom. The van der Waals surface area contributed by atoms with Gasteiger partial charge in [-0.15, -0.1) is 0 Å². The van der Waals surface area contributed by atoms with Crippen LogP contribution in [0, 0.1) is 0 Å². The van der Waals surface area contributed by atoms with Crippen LogP contribution in [0.2, 0.25) is 0 Å². The summed E-state index contributed by atoms with van der Waals surface area (Å²) in [6, 6.07) is 0. The smallest absolute Gasteiger partial charge is 0.790 e. The second kappa shape index (κ2) is 34.8. The van der Waals surface area contributed by atoms with Gasteiger partial charge in [-0.05, 0) is 19.3 Å². The third-order valence-corrected chi connectivity index (χ3v) is 7.53. The first-order chi connectivity index (χ1) is 20.1. The van der Waals surface area contributed by atoms with Crippen LogP contribution in [0.5, 0.6) is 0 Å². The average molecular weight is 666 g/mol. The molecule has 0 aromatic rings. The maximum atomic E-state index is 12.2. The predicted molar refractivity (Wildman–Crippen MR) is 160 cm³/mol. The predicted octanol–water partition coefficient (Wildman–Crippen LogP) is 0.0329. The monoisotopic (exact) mass is 665 g/mol. The summed E-state index contributed by atoms with van der Waals surface area (Å²) in [7, 11) is -5.25. The molecular weight excluding hydrogens is 607 g/mol. The van der Waals surface area contributed by atoms with Gasteiger partial charge in [0.1, 0.15) is 6.61 Å². The van der Waals surface area contributed by atoms with Crippen molar-refractivity contribution in [1.82, 2.24) is 5.32 Å². The first-order valence-corrected chi connectivity index (χ1v) is 17.9. The van der Waals surface area contributed by atoms with E-state index in [1.54, 1.807) is 0 Å². The van der Waals surface area contributed by atoms with E-state index in [9.17, 15) is 28.7 Å². The van der Waals surface area contributed by atoms with E-state index in [2.05, 4.69) is 16.8 Å². The van der Waals surface area contributed by atoms with Crippen molar-refractivity contribution in [1.29, 1.82) is 0 Å². The van der Waals surface area contributed by atoms with E-state index in [0.29, 0.717) is 19.4 Å². The Kier molecular flexibility index (Phi) is 38.7. The van der Waals surface area contributed by atoms with Gasteiger partial charge >= 0.3 is 71.1 Å². The first kappa shape index (κ1) is 48.9. The van der Waals surface area contributed by atoms with Crippen molar-refractivity contribution in [2.75, 3.05) is 19.8 Å². The zero-order valence-corrected chi connectivity index (χ0v) is 33.3. The van der Waals surface area contributed by atoms with Gasteiger partial charge in [-0.2, -0.15) is 0 Å². The molecule has 1 N–H and O–H groups in total. The molecule has 0 fully saturated rings. The number of hydrogen-bond donors (Lipinski definition) is 1. The van der Waals surface area contributed by atoms with Crippen LogP contribution < -0.4 is 74.2 Å². The molecule has 0 bridgehead atoms. The van der Waals surface area contributed by atoms with E-state index in [1.807, 2.05) is 0 Å². The van der Waals surface area contributed by atoms with Crippen LogP contribution in [0.15, 0.2) is 0 Å². The Labute approximate surface area is 311 Å². The summed E-state index contributed by atoms with van der Waals surface area (Å²) >= 11 is 0. The SMILES string of the molecule is CCCCCCCCCCCCCCCC(=O)O[C@H](COC(=O)CCCCCCCCCNC(C)=O)COP(=O)([O-])[O-].[Na+].[Na+]. The second-order valence-corrected chi connectivity index (χ2v) is 12.4. The van der Waals surface area contributed by atoms with Crippen LogP contribution in [-0.4, -0.2) is 43.7 Å². The van der Waals surface area contributed by atoms with Crippen molar-refractivity contribution in [2.45, 2.75) is 161 Å². The number of unbranched alkanes of at least 4 members (excludes halogenated alkanes) is 18. The number of carbonyl (C=O) groups excluding carboxylic acids is 3.